The van der Waals surface area contributed by atoms with Gasteiger partial charge < -0.3 is 23.8 Å². The summed E-state index contributed by atoms with van der Waals surface area (Å²) in [6.07, 6.45) is 2.28. The Morgan fingerprint density at radius 1 is 0.969 bits per heavy atom. The number of aromatic nitrogens is 2. The molecule has 2 fully saturated rings. The quantitative estimate of drug-likeness (QED) is 0.586. The van der Waals surface area contributed by atoms with E-state index in [2.05, 4.69) is 27.2 Å². The molecule has 8 nitrogen and oxygen atoms in total. The van der Waals surface area contributed by atoms with Crippen LogP contribution in [0.2, 0.25) is 0 Å². The molecule has 0 radical (unpaired) electrons. The molecule has 0 spiro atoms. The monoisotopic (exact) mass is 434 g/mol. The maximum Gasteiger partial charge on any atom is 0.254 e. The molecule has 1 saturated carbocycles. The van der Waals surface area contributed by atoms with Crippen LogP contribution in [0.15, 0.2) is 47.0 Å². The molecule has 1 aromatic heterocycles. The Labute approximate surface area is 186 Å². The van der Waals surface area contributed by atoms with E-state index in [0.717, 1.165) is 43.1 Å². The van der Waals surface area contributed by atoms with Crippen molar-refractivity contribution >= 4 is 11.6 Å². The first-order valence-electron chi connectivity index (χ1n) is 10.9. The summed E-state index contributed by atoms with van der Waals surface area (Å²) in [5.41, 5.74) is 2.68. The van der Waals surface area contributed by atoms with Gasteiger partial charge in [0.25, 0.3) is 5.91 Å². The molecule has 2 aromatic carbocycles. The molecular formula is C24H26N4O4. The predicted molar refractivity (Wildman–Crippen MR) is 119 cm³/mol. The van der Waals surface area contributed by atoms with E-state index in [1.165, 1.54) is 0 Å². The van der Waals surface area contributed by atoms with Crippen LogP contribution in [-0.2, 0) is 0 Å². The van der Waals surface area contributed by atoms with Gasteiger partial charge in [0, 0.05) is 48.9 Å². The molecule has 1 saturated heterocycles. The highest BCUT2D eigenvalue weighted by Gasteiger charge is 2.30. The van der Waals surface area contributed by atoms with Gasteiger partial charge in [0.2, 0.25) is 11.7 Å². The number of rotatable bonds is 6. The summed E-state index contributed by atoms with van der Waals surface area (Å²) in [6, 6.07) is 13.5. The van der Waals surface area contributed by atoms with Crippen LogP contribution in [0.4, 0.5) is 5.69 Å². The molecule has 1 amide bonds. The third-order valence-corrected chi connectivity index (χ3v) is 6.06. The molecule has 0 N–H and O–H groups in total. The van der Waals surface area contributed by atoms with E-state index in [9.17, 15) is 4.79 Å². The summed E-state index contributed by atoms with van der Waals surface area (Å²) in [5.74, 6) is 3.02. The number of methoxy groups -OCH3 is 2. The van der Waals surface area contributed by atoms with Gasteiger partial charge in [0.05, 0.1) is 14.2 Å². The van der Waals surface area contributed by atoms with Crippen molar-refractivity contribution in [3.63, 3.8) is 0 Å². The SMILES string of the molecule is COc1ccc(C(=O)N2CCN(c3ccc(-c4noc(C5CC5)n4)cc3)CC2)cc1OC. The molecule has 0 unspecified atom stereocenters. The van der Waals surface area contributed by atoms with Gasteiger partial charge in [0.15, 0.2) is 11.5 Å². The topological polar surface area (TPSA) is 80.9 Å². The van der Waals surface area contributed by atoms with Gasteiger partial charge in [-0.25, -0.2) is 0 Å². The van der Waals surface area contributed by atoms with Crippen molar-refractivity contribution in [1.82, 2.24) is 15.0 Å². The van der Waals surface area contributed by atoms with Crippen LogP contribution in [0, 0.1) is 0 Å². The van der Waals surface area contributed by atoms with Gasteiger partial charge in [-0.05, 0) is 55.3 Å². The lowest BCUT2D eigenvalue weighted by atomic mass is 10.1. The van der Waals surface area contributed by atoms with Crippen LogP contribution in [-0.4, -0.2) is 61.3 Å². The molecule has 2 heterocycles. The minimum atomic E-state index is 0.00419. The number of ether oxygens (including phenoxy) is 2. The standard InChI is InChI=1S/C24H26N4O4/c1-30-20-10-7-18(15-21(20)31-2)24(29)28-13-11-27(12-14-28)19-8-5-16(6-9-19)22-25-23(32-26-22)17-3-4-17/h5-10,15,17H,3-4,11-14H2,1-2H3. The molecular weight excluding hydrogens is 408 g/mol. The van der Waals surface area contributed by atoms with E-state index < -0.39 is 0 Å². The van der Waals surface area contributed by atoms with Crippen molar-refractivity contribution in [2.45, 2.75) is 18.8 Å². The Balaban J connectivity index is 1.21. The Kier molecular flexibility index (Phi) is 5.43. The van der Waals surface area contributed by atoms with Crippen LogP contribution >= 0.6 is 0 Å². The molecule has 0 atom stereocenters. The first-order chi connectivity index (χ1) is 15.7. The van der Waals surface area contributed by atoms with Gasteiger partial charge in [0.1, 0.15) is 0 Å². The lowest BCUT2D eigenvalue weighted by molar-refractivity contribution is 0.0746. The summed E-state index contributed by atoms with van der Waals surface area (Å²) in [5, 5.41) is 4.11. The van der Waals surface area contributed by atoms with E-state index in [1.54, 1.807) is 32.4 Å². The first kappa shape index (κ1) is 20.4. The molecule has 32 heavy (non-hydrogen) atoms. The molecule has 0 bridgehead atoms. The summed E-state index contributed by atoms with van der Waals surface area (Å²) in [7, 11) is 3.15. The fourth-order valence-electron chi connectivity index (χ4n) is 3.99. The van der Waals surface area contributed by atoms with Crippen LogP contribution in [0.1, 0.15) is 35.0 Å². The van der Waals surface area contributed by atoms with Crippen LogP contribution in [0.3, 0.4) is 0 Å². The van der Waals surface area contributed by atoms with Crippen molar-refractivity contribution in [3.05, 3.63) is 53.9 Å². The lowest BCUT2D eigenvalue weighted by Crippen LogP contribution is -2.48. The third kappa shape index (κ3) is 4.00. The summed E-state index contributed by atoms with van der Waals surface area (Å²) in [6.45, 7) is 2.86. The van der Waals surface area contributed by atoms with E-state index in [0.29, 0.717) is 41.9 Å². The second-order valence-corrected chi connectivity index (χ2v) is 8.13. The predicted octanol–water partition coefficient (Wildman–Crippen LogP) is 3.59. The number of piperazine rings is 1. The minimum absolute atomic E-state index is 0.00419. The second-order valence-electron chi connectivity index (χ2n) is 8.13. The maximum atomic E-state index is 13.0. The second kappa shape index (κ2) is 8.53. The highest BCUT2D eigenvalue weighted by molar-refractivity contribution is 5.95. The zero-order chi connectivity index (χ0) is 22.1. The van der Waals surface area contributed by atoms with Gasteiger partial charge >= 0.3 is 0 Å². The summed E-state index contributed by atoms with van der Waals surface area (Å²) >= 11 is 0. The number of hydrogen-bond acceptors (Lipinski definition) is 7. The number of carbonyl (C=O) groups excluding carboxylic acids is 1. The van der Waals surface area contributed by atoms with Crippen molar-refractivity contribution in [2.24, 2.45) is 0 Å². The van der Waals surface area contributed by atoms with E-state index in [1.807, 2.05) is 17.0 Å². The highest BCUT2D eigenvalue weighted by Crippen LogP contribution is 2.39. The highest BCUT2D eigenvalue weighted by atomic mass is 16.5. The van der Waals surface area contributed by atoms with Gasteiger partial charge in [-0.1, -0.05) is 5.16 Å². The minimum Gasteiger partial charge on any atom is -0.493 e. The van der Waals surface area contributed by atoms with Gasteiger partial charge in [-0.2, -0.15) is 4.98 Å². The average molecular weight is 434 g/mol. The average Bonchev–Trinajstić information content (AvgIpc) is 3.59. The normalized spacial score (nSPS) is 16.2. The fraction of sp³-hybridized carbons (Fsp3) is 0.375. The number of carbonyl (C=O) groups is 1. The van der Waals surface area contributed by atoms with Crippen molar-refractivity contribution in [3.8, 4) is 22.9 Å². The zero-order valence-electron chi connectivity index (χ0n) is 18.3. The Morgan fingerprint density at radius 3 is 2.34 bits per heavy atom. The third-order valence-electron chi connectivity index (χ3n) is 6.06. The zero-order valence-corrected chi connectivity index (χ0v) is 18.3. The Hall–Kier alpha value is -3.55. The number of nitrogens with zero attached hydrogens (tertiary/aromatic N) is 4. The van der Waals surface area contributed by atoms with Crippen LogP contribution < -0.4 is 14.4 Å². The number of amides is 1. The number of hydrogen-bond donors (Lipinski definition) is 0. The Bertz CT molecular complexity index is 1100. The van der Waals surface area contributed by atoms with Crippen molar-refractivity contribution in [1.29, 1.82) is 0 Å². The molecule has 166 valence electrons. The van der Waals surface area contributed by atoms with Crippen molar-refractivity contribution < 1.29 is 18.8 Å². The summed E-state index contributed by atoms with van der Waals surface area (Å²) in [4.78, 5) is 21.6. The molecule has 2 aliphatic rings. The van der Waals surface area contributed by atoms with Gasteiger partial charge in [-0.15, -0.1) is 0 Å². The van der Waals surface area contributed by atoms with E-state index in [4.69, 9.17) is 14.0 Å². The van der Waals surface area contributed by atoms with E-state index >= 15 is 0 Å². The molecule has 3 aromatic rings. The van der Waals surface area contributed by atoms with Crippen LogP contribution in [0.5, 0.6) is 11.5 Å². The fourth-order valence-corrected chi connectivity index (χ4v) is 3.99. The first-order valence-corrected chi connectivity index (χ1v) is 10.9. The van der Waals surface area contributed by atoms with Crippen LogP contribution in [0.25, 0.3) is 11.4 Å². The smallest absolute Gasteiger partial charge is 0.254 e. The van der Waals surface area contributed by atoms with Crippen molar-refractivity contribution in [2.75, 3.05) is 45.3 Å². The molecule has 5 rings (SSSR count). The lowest BCUT2D eigenvalue weighted by Gasteiger charge is -2.36. The summed E-state index contributed by atoms with van der Waals surface area (Å²) < 4.78 is 16.0. The maximum absolute atomic E-state index is 13.0. The number of benzene rings is 2. The molecule has 1 aliphatic carbocycles. The molecule has 1 aliphatic heterocycles. The molecule has 8 heteroatoms. The Morgan fingerprint density at radius 2 is 1.69 bits per heavy atom. The number of anilines is 1. The largest absolute Gasteiger partial charge is 0.493 e. The van der Waals surface area contributed by atoms with E-state index in [-0.39, 0.29) is 5.91 Å². The van der Waals surface area contributed by atoms with Gasteiger partial charge in [-0.3, -0.25) is 4.79 Å².